The third-order valence-electron chi connectivity index (χ3n) is 2.68. The van der Waals surface area contributed by atoms with Gasteiger partial charge in [-0.2, -0.15) is 4.98 Å². The molecule has 0 fully saturated rings. The predicted molar refractivity (Wildman–Crippen MR) is 72.8 cm³/mol. The summed E-state index contributed by atoms with van der Waals surface area (Å²) in [5, 5.41) is 6.25. The lowest BCUT2D eigenvalue weighted by atomic mass is 10.1. The molecule has 5 heteroatoms. The second-order valence-electron chi connectivity index (χ2n) is 4.57. The molecule has 3 rings (SSSR count). The molecular weight excluding hydrogens is 246 g/mol. The maximum atomic E-state index is 5.66. The van der Waals surface area contributed by atoms with Gasteiger partial charge >= 0.3 is 0 Å². The Balaban J connectivity index is 1.92. The molecule has 1 aromatic carbocycles. The second-order valence-corrected chi connectivity index (χ2v) is 5.47. The summed E-state index contributed by atoms with van der Waals surface area (Å²) in [6, 6.07) is 8.24. The van der Waals surface area contributed by atoms with Crippen molar-refractivity contribution in [2.45, 2.75) is 19.4 Å². The van der Waals surface area contributed by atoms with Gasteiger partial charge in [-0.1, -0.05) is 12.1 Å². The highest BCUT2D eigenvalue weighted by Crippen LogP contribution is 2.28. The van der Waals surface area contributed by atoms with Crippen LogP contribution in [0.5, 0.6) is 0 Å². The molecule has 0 saturated heterocycles. The fourth-order valence-electron chi connectivity index (χ4n) is 1.78. The first-order chi connectivity index (χ1) is 8.65. The van der Waals surface area contributed by atoms with E-state index in [1.807, 2.05) is 29.6 Å². The average molecular weight is 259 g/mol. The lowest BCUT2D eigenvalue weighted by Crippen LogP contribution is -2.27. The summed E-state index contributed by atoms with van der Waals surface area (Å²) in [6.45, 7) is 4.11. The molecule has 2 heterocycles. The Bertz CT molecular complexity index is 625. The predicted octanol–water partition coefficient (Wildman–Crippen LogP) is 3.63. The first-order valence-corrected chi connectivity index (χ1v) is 6.57. The maximum Gasteiger partial charge on any atom is 0.296 e. The van der Waals surface area contributed by atoms with Crippen LogP contribution in [-0.2, 0) is 5.54 Å². The lowest BCUT2D eigenvalue weighted by molar-refractivity contribution is 0.539. The Kier molecular flexibility index (Phi) is 2.56. The van der Waals surface area contributed by atoms with Crippen LogP contribution in [0.25, 0.3) is 11.1 Å². The highest BCUT2D eigenvalue weighted by Gasteiger charge is 2.25. The Hall–Kier alpha value is -1.88. The molecule has 0 aliphatic carbocycles. The van der Waals surface area contributed by atoms with Crippen molar-refractivity contribution in [3.63, 3.8) is 0 Å². The van der Waals surface area contributed by atoms with Gasteiger partial charge in [-0.15, -0.1) is 11.3 Å². The van der Waals surface area contributed by atoms with Gasteiger partial charge in [0.1, 0.15) is 10.5 Å². The summed E-state index contributed by atoms with van der Waals surface area (Å²) in [6.07, 6.45) is 1.80. The van der Waals surface area contributed by atoms with Gasteiger partial charge in [0.05, 0.1) is 5.54 Å². The van der Waals surface area contributed by atoms with Gasteiger partial charge in [0.25, 0.3) is 6.01 Å². The number of benzene rings is 1. The number of fused-ring (bicyclic) bond motifs is 1. The number of hydrogen-bond donors (Lipinski definition) is 1. The monoisotopic (exact) mass is 259 g/mol. The molecule has 92 valence electrons. The van der Waals surface area contributed by atoms with Crippen molar-refractivity contribution in [1.29, 1.82) is 0 Å². The van der Waals surface area contributed by atoms with Crippen molar-refractivity contribution < 1.29 is 4.42 Å². The highest BCUT2D eigenvalue weighted by atomic mass is 32.1. The van der Waals surface area contributed by atoms with Crippen LogP contribution in [0.3, 0.4) is 0 Å². The van der Waals surface area contributed by atoms with E-state index in [0.29, 0.717) is 6.01 Å². The van der Waals surface area contributed by atoms with E-state index < -0.39 is 0 Å². The molecule has 0 aliphatic heterocycles. The molecule has 0 atom stereocenters. The van der Waals surface area contributed by atoms with Crippen molar-refractivity contribution in [2.75, 3.05) is 5.32 Å². The van der Waals surface area contributed by atoms with E-state index in [2.05, 4.69) is 29.1 Å². The van der Waals surface area contributed by atoms with Crippen LogP contribution < -0.4 is 5.32 Å². The maximum absolute atomic E-state index is 5.66. The number of hydrogen-bond acceptors (Lipinski definition) is 5. The molecule has 0 spiro atoms. The third-order valence-corrected chi connectivity index (χ3v) is 3.78. The fourth-order valence-corrected chi connectivity index (χ4v) is 2.50. The van der Waals surface area contributed by atoms with Gasteiger partial charge in [-0.05, 0) is 26.0 Å². The average Bonchev–Trinajstić information content (AvgIpc) is 2.96. The summed E-state index contributed by atoms with van der Waals surface area (Å²) in [7, 11) is 0. The number of nitrogens with zero attached hydrogens (tertiary/aromatic N) is 2. The molecular formula is C13H13N3OS. The van der Waals surface area contributed by atoms with Gasteiger partial charge in [-0.3, -0.25) is 0 Å². The van der Waals surface area contributed by atoms with Gasteiger partial charge < -0.3 is 9.73 Å². The van der Waals surface area contributed by atoms with Crippen LogP contribution in [0.15, 0.2) is 40.3 Å². The van der Waals surface area contributed by atoms with Crippen molar-refractivity contribution in [3.8, 4) is 0 Å². The zero-order chi connectivity index (χ0) is 12.6. The summed E-state index contributed by atoms with van der Waals surface area (Å²) in [5.74, 6) is 0. The number of nitrogens with one attached hydrogen (secondary N) is 1. The largest absolute Gasteiger partial charge is 0.424 e. The SMILES string of the molecule is CC(C)(Nc1nc2ccccc2o1)c1nccs1. The van der Waals surface area contributed by atoms with Crippen molar-refractivity contribution in [1.82, 2.24) is 9.97 Å². The van der Waals surface area contributed by atoms with Gasteiger partial charge in [0.2, 0.25) is 0 Å². The summed E-state index contributed by atoms with van der Waals surface area (Å²) in [4.78, 5) is 8.73. The van der Waals surface area contributed by atoms with E-state index in [4.69, 9.17) is 4.42 Å². The standard InChI is InChI=1S/C13H13N3OS/c1-13(2,11-14-7-8-18-11)16-12-15-9-5-3-4-6-10(9)17-12/h3-8H,1-2H3,(H,15,16). The van der Waals surface area contributed by atoms with Gasteiger partial charge in [0, 0.05) is 11.6 Å². The minimum absolute atomic E-state index is 0.297. The van der Waals surface area contributed by atoms with Crippen LogP contribution in [0.2, 0.25) is 0 Å². The smallest absolute Gasteiger partial charge is 0.296 e. The molecule has 0 radical (unpaired) electrons. The zero-order valence-corrected chi connectivity index (χ0v) is 11.0. The summed E-state index contributed by atoms with van der Waals surface area (Å²) in [5.41, 5.74) is 1.35. The summed E-state index contributed by atoms with van der Waals surface area (Å²) >= 11 is 1.61. The third kappa shape index (κ3) is 1.97. The Morgan fingerprint density at radius 1 is 1.28 bits per heavy atom. The number of rotatable bonds is 3. The number of para-hydroxylation sites is 2. The molecule has 2 aromatic heterocycles. The number of thiazole rings is 1. The van der Waals surface area contributed by atoms with Crippen molar-refractivity contribution in [2.24, 2.45) is 0 Å². The molecule has 0 bridgehead atoms. The van der Waals surface area contributed by atoms with Crippen LogP contribution in [0, 0.1) is 0 Å². The normalized spacial score (nSPS) is 11.9. The number of anilines is 1. The highest BCUT2D eigenvalue weighted by molar-refractivity contribution is 7.09. The van der Waals surface area contributed by atoms with Crippen LogP contribution in [0.4, 0.5) is 6.01 Å². The van der Waals surface area contributed by atoms with Gasteiger partial charge in [-0.25, -0.2) is 4.98 Å². The molecule has 0 aliphatic rings. The molecule has 0 saturated carbocycles. The lowest BCUT2D eigenvalue weighted by Gasteiger charge is -2.22. The quantitative estimate of drug-likeness (QED) is 0.780. The van der Waals surface area contributed by atoms with Crippen LogP contribution in [-0.4, -0.2) is 9.97 Å². The summed E-state index contributed by atoms with van der Waals surface area (Å²) < 4.78 is 5.66. The van der Waals surface area contributed by atoms with Gasteiger partial charge in [0.15, 0.2) is 5.58 Å². The Morgan fingerprint density at radius 2 is 2.11 bits per heavy atom. The van der Waals surface area contributed by atoms with Crippen molar-refractivity contribution >= 4 is 28.5 Å². The molecule has 1 N–H and O–H groups in total. The van der Waals surface area contributed by atoms with E-state index in [0.717, 1.165) is 16.1 Å². The van der Waals surface area contributed by atoms with E-state index in [1.165, 1.54) is 0 Å². The van der Waals surface area contributed by atoms with E-state index >= 15 is 0 Å². The molecule has 3 aromatic rings. The number of aromatic nitrogens is 2. The minimum atomic E-state index is -0.297. The zero-order valence-electron chi connectivity index (χ0n) is 10.2. The van der Waals surface area contributed by atoms with Crippen LogP contribution >= 0.6 is 11.3 Å². The first kappa shape index (κ1) is 11.2. The topological polar surface area (TPSA) is 51.0 Å². The Morgan fingerprint density at radius 3 is 2.83 bits per heavy atom. The van der Waals surface area contributed by atoms with E-state index in [-0.39, 0.29) is 5.54 Å². The minimum Gasteiger partial charge on any atom is -0.424 e. The molecule has 4 nitrogen and oxygen atoms in total. The Labute approximate surface area is 109 Å². The van der Waals surface area contributed by atoms with E-state index in [1.54, 1.807) is 17.5 Å². The number of oxazole rings is 1. The van der Waals surface area contributed by atoms with E-state index in [9.17, 15) is 0 Å². The second kappa shape index (κ2) is 4.10. The van der Waals surface area contributed by atoms with Crippen LogP contribution in [0.1, 0.15) is 18.9 Å². The fraction of sp³-hybridized carbons (Fsp3) is 0.231. The van der Waals surface area contributed by atoms with Crippen molar-refractivity contribution in [3.05, 3.63) is 40.8 Å². The first-order valence-electron chi connectivity index (χ1n) is 5.69. The molecule has 18 heavy (non-hydrogen) atoms. The molecule has 0 unspecified atom stereocenters. The molecule has 0 amide bonds.